The molecule has 0 aromatic heterocycles. The molecule has 0 aliphatic carbocycles. The second-order valence-electron chi connectivity index (χ2n) is 6.31. The number of aliphatic carboxylic acids is 1. The first-order valence-corrected chi connectivity index (χ1v) is 8.38. The summed E-state index contributed by atoms with van der Waals surface area (Å²) in [6.07, 6.45) is -0.422. The lowest BCUT2D eigenvalue weighted by atomic mass is 9.85. The monoisotopic (exact) mass is 368 g/mol. The van der Waals surface area contributed by atoms with Gasteiger partial charge in [0.25, 0.3) is 0 Å². The molecule has 1 fully saturated rings. The third kappa shape index (κ3) is 4.42. The smallest absolute Gasteiger partial charge is 0.408 e. The van der Waals surface area contributed by atoms with E-state index in [0.29, 0.717) is 24.4 Å². The average molecular weight is 369 g/mol. The maximum atomic E-state index is 13.0. The van der Waals surface area contributed by atoms with E-state index in [1.54, 1.807) is 31.2 Å². The van der Waals surface area contributed by atoms with Gasteiger partial charge in [0.15, 0.2) is 0 Å². The fourth-order valence-corrected chi connectivity index (χ4v) is 3.04. The van der Waals surface area contributed by atoms with Gasteiger partial charge in [-0.1, -0.05) is 23.7 Å². The van der Waals surface area contributed by atoms with E-state index in [1.807, 2.05) is 0 Å². The molecule has 2 amide bonds. The van der Waals surface area contributed by atoms with Gasteiger partial charge in [-0.15, -0.1) is 0 Å². The number of carboxylic acids is 1. The maximum Gasteiger partial charge on any atom is 0.408 e. The molecule has 136 valence electrons. The van der Waals surface area contributed by atoms with Crippen molar-refractivity contribution < 1.29 is 24.6 Å². The molecule has 0 spiro atoms. The van der Waals surface area contributed by atoms with Crippen LogP contribution in [-0.4, -0.2) is 56.6 Å². The molecule has 2 N–H and O–H groups in total. The summed E-state index contributed by atoms with van der Waals surface area (Å²) in [7, 11) is 0. The number of hydrogen-bond donors (Lipinski definition) is 2. The lowest BCUT2D eigenvalue weighted by molar-refractivity contribution is -0.151. The zero-order valence-corrected chi connectivity index (χ0v) is 14.7. The van der Waals surface area contributed by atoms with Crippen molar-refractivity contribution in [2.24, 2.45) is 0 Å². The van der Waals surface area contributed by atoms with Gasteiger partial charge in [0.1, 0.15) is 5.54 Å². The highest BCUT2D eigenvalue weighted by atomic mass is 35.5. The van der Waals surface area contributed by atoms with E-state index in [1.165, 1.54) is 4.90 Å². The van der Waals surface area contributed by atoms with Crippen molar-refractivity contribution in [2.45, 2.75) is 38.3 Å². The van der Waals surface area contributed by atoms with Crippen molar-refractivity contribution in [1.29, 1.82) is 0 Å². The Bertz CT molecular complexity index is 664. The molecule has 1 unspecified atom stereocenters. The lowest BCUT2D eigenvalue weighted by Crippen LogP contribution is -2.67. The van der Waals surface area contributed by atoms with Gasteiger partial charge < -0.3 is 15.1 Å². The largest absolute Gasteiger partial charge is 0.481 e. The number of halogens is 1. The zero-order chi connectivity index (χ0) is 18.6. The minimum atomic E-state index is -1.13. The molecule has 1 atom stereocenters. The Morgan fingerprint density at radius 3 is 2.36 bits per heavy atom. The van der Waals surface area contributed by atoms with Crippen LogP contribution in [0.2, 0.25) is 5.02 Å². The molecule has 1 aliphatic rings. The molecule has 1 aromatic rings. The van der Waals surface area contributed by atoms with Gasteiger partial charge in [-0.3, -0.25) is 14.5 Å². The van der Waals surface area contributed by atoms with Gasteiger partial charge in [-0.05, 0) is 37.5 Å². The van der Waals surface area contributed by atoms with E-state index in [2.05, 4.69) is 0 Å². The number of likely N-dealkylation sites (tertiary alicyclic amines) is 1. The number of rotatable bonds is 7. The van der Waals surface area contributed by atoms with Crippen LogP contribution in [0.3, 0.4) is 0 Å². The van der Waals surface area contributed by atoms with E-state index in [9.17, 15) is 19.5 Å². The second-order valence-corrected chi connectivity index (χ2v) is 6.74. The summed E-state index contributed by atoms with van der Waals surface area (Å²) in [5, 5.41) is 18.6. The fourth-order valence-electron chi connectivity index (χ4n) is 2.91. The second kappa shape index (κ2) is 7.74. The summed E-state index contributed by atoms with van der Waals surface area (Å²) >= 11 is 5.87. The van der Waals surface area contributed by atoms with Gasteiger partial charge in [-0.2, -0.15) is 0 Å². The quantitative estimate of drug-likeness (QED) is 0.771. The molecule has 2 rings (SSSR count). The topological polar surface area (TPSA) is 98.2 Å². The van der Waals surface area contributed by atoms with Crippen molar-refractivity contribution in [2.75, 3.05) is 13.1 Å². The van der Waals surface area contributed by atoms with Crippen LogP contribution in [0, 0.1) is 0 Å². The number of carbonyl (C=O) groups excluding carboxylic acids is 1. The number of amides is 2. The number of carboxylic acid groups (broad SMARTS) is 2. The molecular weight excluding hydrogens is 348 g/mol. The summed E-state index contributed by atoms with van der Waals surface area (Å²) in [6.45, 7) is 2.45. The Morgan fingerprint density at radius 1 is 1.24 bits per heavy atom. The number of benzene rings is 1. The van der Waals surface area contributed by atoms with Gasteiger partial charge in [0.2, 0.25) is 5.91 Å². The zero-order valence-electron chi connectivity index (χ0n) is 13.9. The first-order valence-electron chi connectivity index (χ1n) is 8.00. The van der Waals surface area contributed by atoms with E-state index in [-0.39, 0.29) is 25.4 Å². The van der Waals surface area contributed by atoms with Gasteiger partial charge in [0, 0.05) is 31.1 Å². The molecule has 1 heterocycles. The Morgan fingerprint density at radius 2 is 1.88 bits per heavy atom. The van der Waals surface area contributed by atoms with E-state index < -0.39 is 17.6 Å². The molecule has 1 saturated heterocycles. The highest BCUT2D eigenvalue weighted by Gasteiger charge is 2.51. The van der Waals surface area contributed by atoms with E-state index in [4.69, 9.17) is 16.7 Å². The molecule has 1 aliphatic heterocycles. The van der Waals surface area contributed by atoms with Gasteiger partial charge >= 0.3 is 12.1 Å². The predicted octanol–water partition coefficient (Wildman–Crippen LogP) is 2.68. The Labute approximate surface area is 150 Å². The molecule has 1 aromatic carbocycles. The van der Waals surface area contributed by atoms with E-state index >= 15 is 0 Å². The van der Waals surface area contributed by atoms with E-state index in [0.717, 1.165) is 10.5 Å². The van der Waals surface area contributed by atoms with Crippen LogP contribution in [0.4, 0.5) is 4.79 Å². The SMILES string of the molecule is CC1(C(=O)N(CCCC(=O)O)Cc2ccc(Cl)cc2)CCN1C(=O)O. The third-order valence-electron chi connectivity index (χ3n) is 4.50. The maximum absolute atomic E-state index is 13.0. The lowest BCUT2D eigenvalue weighted by Gasteiger charge is -2.49. The summed E-state index contributed by atoms with van der Waals surface area (Å²) in [5.74, 6) is -1.23. The van der Waals surface area contributed by atoms with Crippen molar-refractivity contribution in [1.82, 2.24) is 9.80 Å². The first-order chi connectivity index (χ1) is 11.7. The van der Waals surface area contributed by atoms with Crippen LogP contribution in [0.5, 0.6) is 0 Å². The first kappa shape index (κ1) is 19.1. The van der Waals surface area contributed by atoms with Gasteiger partial charge in [-0.25, -0.2) is 4.79 Å². The predicted molar refractivity (Wildman–Crippen MR) is 91.5 cm³/mol. The minimum Gasteiger partial charge on any atom is -0.481 e. The third-order valence-corrected chi connectivity index (χ3v) is 4.75. The Kier molecular flexibility index (Phi) is 5.89. The van der Waals surface area contributed by atoms with Crippen molar-refractivity contribution in [3.63, 3.8) is 0 Å². The Balaban J connectivity index is 2.15. The molecular formula is C17H21ClN2O5. The summed E-state index contributed by atoms with van der Waals surface area (Å²) < 4.78 is 0. The normalized spacial score (nSPS) is 19.2. The van der Waals surface area contributed by atoms with Gasteiger partial charge in [0.05, 0.1) is 0 Å². The molecule has 0 radical (unpaired) electrons. The standard InChI is InChI=1S/C17H21ClN2O5/c1-17(8-10-20(17)16(24)25)15(23)19(9-2-3-14(21)22)11-12-4-6-13(18)7-5-12/h4-7H,2-3,8-11H2,1H3,(H,21,22)(H,24,25). The summed E-state index contributed by atoms with van der Waals surface area (Å²) in [6, 6.07) is 7.01. The minimum absolute atomic E-state index is 0.0518. The molecule has 25 heavy (non-hydrogen) atoms. The van der Waals surface area contributed by atoms with Crippen LogP contribution in [0.25, 0.3) is 0 Å². The van der Waals surface area contributed by atoms with Crippen molar-refractivity contribution >= 4 is 29.6 Å². The van der Waals surface area contributed by atoms with Crippen LogP contribution in [0.15, 0.2) is 24.3 Å². The Hall–Kier alpha value is -2.28. The van der Waals surface area contributed by atoms with Crippen molar-refractivity contribution in [3.05, 3.63) is 34.9 Å². The molecule has 7 nitrogen and oxygen atoms in total. The van der Waals surface area contributed by atoms with Crippen LogP contribution >= 0.6 is 11.6 Å². The summed E-state index contributed by atoms with van der Waals surface area (Å²) in [5.41, 5.74) is -0.250. The highest BCUT2D eigenvalue weighted by Crippen LogP contribution is 2.33. The van der Waals surface area contributed by atoms with Crippen molar-refractivity contribution in [3.8, 4) is 0 Å². The van der Waals surface area contributed by atoms with Crippen LogP contribution < -0.4 is 0 Å². The fraction of sp³-hybridized carbons (Fsp3) is 0.471. The number of nitrogens with zero attached hydrogens (tertiary/aromatic N) is 2. The molecule has 0 bridgehead atoms. The number of hydrogen-bond acceptors (Lipinski definition) is 3. The molecule has 0 saturated carbocycles. The van der Waals surface area contributed by atoms with Crippen LogP contribution in [-0.2, 0) is 16.1 Å². The van der Waals surface area contributed by atoms with Crippen LogP contribution in [0.1, 0.15) is 31.7 Å². The molecule has 8 heteroatoms. The number of carbonyl (C=O) groups is 3. The summed E-state index contributed by atoms with van der Waals surface area (Å²) in [4.78, 5) is 37.6. The highest BCUT2D eigenvalue weighted by molar-refractivity contribution is 6.30. The average Bonchev–Trinajstić information content (AvgIpc) is 2.52.